The molecule has 1 rings (SSSR count). The number of hydrogen-bond acceptors (Lipinski definition) is 7. The molecule has 1 radical (unpaired) electrons. The molecule has 0 aromatic carbocycles. The van der Waals surface area contributed by atoms with E-state index in [0.29, 0.717) is 0 Å². The Morgan fingerprint density at radius 2 is 1.00 bits per heavy atom. The van der Waals surface area contributed by atoms with Gasteiger partial charge in [0.25, 0.3) is 0 Å². The zero-order valence-corrected chi connectivity index (χ0v) is 12.2. The van der Waals surface area contributed by atoms with Gasteiger partial charge in [-0.25, -0.2) is 0 Å². The van der Waals surface area contributed by atoms with Gasteiger partial charge in [-0.05, 0) is 25.9 Å². The van der Waals surface area contributed by atoms with Gasteiger partial charge in [-0.1, -0.05) is 6.42 Å². The summed E-state index contributed by atoms with van der Waals surface area (Å²) in [5, 5.41) is 31.2. The van der Waals surface area contributed by atoms with Gasteiger partial charge in [0, 0.05) is 13.1 Å². The third-order valence-corrected chi connectivity index (χ3v) is 1.89. The molecule has 0 aliphatic carbocycles. The molecule has 2 N–H and O–H groups in total. The Morgan fingerprint density at radius 1 is 0.700 bits per heavy atom. The van der Waals surface area contributed by atoms with Gasteiger partial charge in [-0.2, -0.15) is 0 Å². The van der Waals surface area contributed by atoms with E-state index in [0.717, 1.165) is 13.1 Å². The van der Waals surface area contributed by atoms with Crippen molar-refractivity contribution in [3.63, 3.8) is 0 Å². The van der Waals surface area contributed by atoms with E-state index in [4.69, 9.17) is 64.9 Å². The minimum atomic E-state index is 0. The van der Waals surface area contributed by atoms with Gasteiger partial charge in [0.1, 0.15) is 0 Å². The summed E-state index contributed by atoms with van der Waals surface area (Å²) in [6, 6.07) is 0. The average molecular weight is 314 g/mol. The van der Waals surface area contributed by atoms with E-state index in [1.54, 1.807) is 0 Å². The summed E-state index contributed by atoms with van der Waals surface area (Å²) in [5.74, 6) is 0. The quantitative estimate of drug-likeness (QED) is 0.588. The van der Waals surface area contributed by atoms with Gasteiger partial charge < -0.3 is 69.8 Å². The van der Waals surface area contributed by atoms with Crippen molar-refractivity contribution in [3.05, 3.63) is 32.9 Å². The topological polar surface area (TPSA) is 148 Å². The molecule has 20 heavy (non-hydrogen) atoms. The minimum absolute atomic E-state index is 0. The van der Waals surface area contributed by atoms with Crippen LogP contribution in [0.15, 0.2) is 0 Å². The van der Waals surface area contributed by atoms with E-state index in [1.165, 1.54) is 32.4 Å². The molecule has 1 fully saturated rings. The van der Waals surface area contributed by atoms with Crippen LogP contribution in [0.1, 0.15) is 19.3 Å². The molecule has 0 unspecified atom stereocenters. The van der Waals surface area contributed by atoms with E-state index >= 15 is 0 Å². The van der Waals surface area contributed by atoms with Crippen LogP contribution < -0.4 is 5.73 Å². The maximum absolute atomic E-state index is 6.25. The molecule has 0 amide bonds. The summed E-state index contributed by atoms with van der Waals surface area (Å²) in [6.45, 7) is 28.2. The van der Waals surface area contributed by atoms with Crippen LogP contribution in [0.4, 0.5) is 0 Å². The first-order valence-corrected chi connectivity index (χ1v) is 4.97. The molecule has 0 spiro atoms. The van der Waals surface area contributed by atoms with Crippen molar-refractivity contribution in [1.29, 1.82) is 26.3 Å². The van der Waals surface area contributed by atoms with E-state index in [-0.39, 0.29) is 17.1 Å². The second-order valence-electron chi connectivity index (χ2n) is 2.69. The Labute approximate surface area is 132 Å². The molecule has 0 atom stereocenters. The Bertz CT molecular complexity index is 189. The summed E-state index contributed by atoms with van der Waals surface area (Å²) in [5.41, 5.74) is 5.42. The third kappa shape index (κ3) is 44.6. The summed E-state index contributed by atoms with van der Waals surface area (Å²) in [6.07, 6.45) is 4.17. The average Bonchev–Trinajstić information content (AvgIpc) is 2.58. The van der Waals surface area contributed by atoms with E-state index in [2.05, 4.69) is 4.90 Å². The number of piperidine rings is 1. The molecule has 1 saturated heterocycles. The number of nitrogens with two attached hydrogens (primary N) is 1. The summed E-state index contributed by atoms with van der Waals surface area (Å²) < 4.78 is 0. The van der Waals surface area contributed by atoms with Crippen LogP contribution in [0.5, 0.6) is 0 Å². The van der Waals surface area contributed by atoms with Crippen LogP contribution in [-0.4, -0.2) is 31.1 Å². The van der Waals surface area contributed by atoms with Gasteiger partial charge in [0.15, 0.2) is 0 Å². The van der Waals surface area contributed by atoms with Crippen molar-refractivity contribution < 1.29 is 17.1 Å². The smallest absolute Gasteiger partial charge is 0.512 e. The Kier molecular flexibility index (Phi) is 124. The fourth-order valence-corrected chi connectivity index (χ4v) is 1.37. The van der Waals surface area contributed by atoms with Gasteiger partial charge in [0.05, 0.1) is 0 Å². The van der Waals surface area contributed by atoms with Gasteiger partial charge in [-0.15, -0.1) is 0 Å². The number of rotatable bonds is 2. The largest absolute Gasteiger partial charge is 5.00 e. The molecule has 1 aliphatic heterocycles. The van der Waals surface area contributed by atoms with Crippen LogP contribution in [0.3, 0.4) is 0 Å². The van der Waals surface area contributed by atoms with Crippen LogP contribution in [0.2, 0.25) is 0 Å². The van der Waals surface area contributed by atoms with Crippen molar-refractivity contribution in [2.24, 2.45) is 5.73 Å². The molecule has 0 aromatic rings. The Morgan fingerprint density at radius 3 is 1.25 bits per heavy atom. The monoisotopic (exact) mass is 314 g/mol. The van der Waals surface area contributed by atoms with E-state index in [9.17, 15) is 0 Å². The van der Waals surface area contributed by atoms with Gasteiger partial charge in [-0.3, -0.25) is 0 Å². The van der Waals surface area contributed by atoms with Crippen molar-refractivity contribution in [1.82, 2.24) is 4.90 Å². The van der Waals surface area contributed by atoms with Crippen molar-refractivity contribution in [2.45, 2.75) is 19.3 Å². The fraction of sp³-hybridized carbons (Fsp3) is 0.583. The molecule has 0 aromatic heterocycles. The predicted octanol–water partition coefficient (Wildman–Crippen LogP) is 0.910. The molecule has 107 valence electrons. The maximum Gasteiger partial charge on any atom is 5.00 e. The molecule has 0 saturated carbocycles. The van der Waals surface area contributed by atoms with E-state index in [1.807, 2.05) is 0 Å². The molecule has 7 nitrogen and oxygen atoms in total. The molecule has 1 aliphatic rings. The zero-order valence-electron chi connectivity index (χ0n) is 11.1. The normalized spacial score (nSPS) is 10.6. The third-order valence-electron chi connectivity index (χ3n) is 1.89. The number of nitrogens with zero attached hydrogens (tertiary/aromatic N) is 6. The molecular weight excluding hydrogens is 298 g/mol. The first-order chi connectivity index (χ1) is 9.43. The Hall–Kier alpha value is -2.11. The summed E-state index contributed by atoms with van der Waals surface area (Å²) >= 11 is 0. The second-order valence-corrected chi connectivity index (χ2v) is 2.69. The maximum atomic E-state index is 6.25. The first kappa shape index (κ1) is 36.1. The second kappa shape index (κ2) is 68.5. The predicted molar refractivity (Wildman–Crippen MR) is 64.2 cm³/mol. The number of hydrogen-bond donors (Lipinski definition) is 1. The fourth-order valence-electron chi connectivity index (χ4n) is 1.37. The van der Waals surface area contributed by atoms with Crippen LogP contribution in [-0.2, 0) is 17.1 Å². The van der Waals surface area contributed by atoms with Crippen LogP contribution in [0.25, 0.3) is 0 Å². The summed E-state index contributed by atoms with van der Waals surface area (Å²) in [7, 11) is 0. The van der Waals surface area contributed by atoms with Crippen LogP contribution in [0, 0.1) is 59.2 Å². The Balaban J connectivity index is -0.0000000384. The molecule has 0 bridgehead atoms. The first-order valence-electron chi connectivity index (χ1n) is 4.97. The number of likely N-dealkylation sites (tertiary alicyclic amines) is 1. The van der Waals surface area contributed by atoms with Crippen molar-refractivity contribution in [3.8, 4) is 0 Å². The van der Waals surface area contributed by atoms with Crippen LogP contribution >= 0.6 is 0 Å². The molecule has 1 heterocycles. The standard InChI is InChI=1S/C7H16N2.5CN.Fe/c8-4-7-9-5-2-1-3-6-9;5*1-2;/h1-8H2;;;;;;/q;5*-1;+5. The molecular formula is C12H16FeN7. The molecule has 8 heteroatoms. The zero-order chi connectivity index (χ0) is 16.5. The SMILES string of the molecule is NCCN1CCCCC1.[C-]#N.[C-]#N.[C-]#N.[C-]#N.[C-]#N.[Fe+5]. The van der Waals surface area contributed by atoms with Gasteiger partial charge >= 0.3 is 17.1 Å². The minimum Gasteiger partial charge on any atom is -0.512 e. The van der Waals surface area contributed by atoms with Gasteiger partial charge in [0.2, 0.25) is 0 Å². The summed E-state index contributed by atoms with van der Waals surface area (Å²) in [4.78, 5) is 2.45. The van der Waals surface area contributed by atoms with Crippen molar-refractivity contribution in [2.75, 3.05) is 26.2 Å². The van der Waals surface area contributed by atoms with Crippen molar-refractivity contribution >= 4 is 0 Å². The van der Waals surface area contributed by atoms with E-state index < -0.39 is 0 Å².